The molecular formula is C15H22N4. The van der Waals surface area contributed by atoms with Crippen molar-refractivity contribution < 1.29 is 0 Å². The van der Waals surface area contributed by atoms with Gasteiger partial charge in [-0.2, -0.15) is 5.10 Å². The van der Waals surface area contributed by atoms with Gasteiger partial charge in [-0.05, 0) is 31.5 Å². The number of nitrogens with two attached hydrogens (primary N) is 1. The van der Waals surface area contributed by atoms with E-state index in [-0.39, 0.29) is 6.04 Å². The lowest BCUT2D eigenvalue weighted by Gasteiger charge is -2.31. The lowest BCUT2D eigenvalue weighted by atomic mass is 10.1. The second-order valence-electron chi connectivity index (χ2n) is 4.82. The zero-order valence-corrected chi connectivity index (χ0v) is 11.9. The Balaban J connectivity index is 2.33. The van der Waals surface area contributed by atoms with Crippen LogP contribution in [-0.2, 0) is 7.05 Å². The Bertz CT molecular complexity index is 532. The number of likely N-dealkylation sites (N-methyl/N-ethyl adjacent to an activating group) is 1. The number of hydrogen-bond donors (Lipinski definition) is 1. The Morgan fingerprint density at radius 2 is 2.21 bits per heavy atom. The van der Waals surface area contributed by atoms with E-state index in [2.05, 4.69) is 48.1 Å². The SMILES string of the molecule is CCN(c1cccc(C)c1)C(CN)c1cnn(C)c1. The van der Waals surface area contributed by atoms with Gasteiger partial charge in [-0.25, -0.2) is 0 Å². The van der Waals surface area contributed by atoms with Crippen LogP contribution in [0.2, 0.25) is 0 Å². The van der Waals surface area contributed by atoms with E-state index >= 15 is 0 Å². The molecule has 1 unspecified atom stereocenters. The standard InChI is InChI=1S/C15H22N4/c1-4-19(14-7-5-6-12(2)8-14)15(9-16)13-10-17-18(3)11-13/h5-8,10-11,15H,4,9,16H2,1-3H3. The molecule has 0 radical (unpaired) electrons. The first-order valence-electron chi connectivity index (χ1n) is 6.67. The highest BCUT2D eigenvalue weighted by Gasteiger charge is 2.19. The second-order valence-corrected chi connectivity index (χ2v) is 4.82. The van der Waals surface area contributed by atoms with Gasteiger partial charge in [0.2, 0.25) is 0 Å². The van der Waals surface area contributed by atoms with E-state index in [0.717, 1.165) is 12.1 Å². The summed E-state index contributed by atoms with van der Waals surface area (Å²) in [5.74, 6) is 0. The Morgan fingerprint density at radius 1 is 1.42 bits per heavy atom. The maximum Gasteiger partial charge on any atom is 0.0695 e. The fraction of sp³-hybridized carbons (Fsp3) is 0.400. The van der Waals surface area contributed by atoms with Crippen LogP contribution in [-0.4, -0.2) is 22.9 Å². The average Bonchev–Trinajstić information content (AvgIpc) is 2.82. The molecule has 19 heavy (non-hydrogen) atoms. The molecule has 2 aromatic rings. The highest BCUT2D eigenvalue weighted by Crippen LogP contribution is 2.26. The summed E-state index contributed by atoms with van der Waals surface area (Å²) in [4.78, 5) is 2.32. The molecule has 1 aromatic heterocycles. The number of rotatable bonds is 5. The fourth-order valence-corrected chi connectivity index (χ4v) is 2.45. The van der Waals surface area contributed by atoms with Gasteiger partial charge in [0.15, 0.2) is 0 Å². The first-order chi connectivity index (χ1) is 9.15. The molecule has 1 aromatic carbocycles. The van der Waals surface area contributed by atoms with E-state index in [1.807, 2.05) is 24.1 Å². The molecule has 0 bridgehead atoms. The molecule has 1 heterocycles. The summed E-state index contributed by atoms with van der Waals surface area (Å²) in [5.41, 5.74) is 9.62. The monoisotopic (exact) mass is 258 g/mol. The maximum atomic E-state index is 5.99. The van der Waals surface area contributed by atoms with Crippen LogP contribution in [0.15, 0.2) is 36.7 Å². The summed E-state index contributed by atoms with van der Waals surface area (Å²) >= 11 is 0. The smallest absolute Gasteiger partial charge is 0.0695 e. The van der Waals surface area contributed by atoms with Crippen molar-refractivity contribution in [1.82, 2.24) is 9.78 Å². The van der Waals surface area contributed by atoms with E-state index < -0.39 is 0 Å². The van der Waals surface area contributed by atoms with Gasteiger partial charge in [-0.15, -0.1) is 0 Å². The van der Waals surface area contributed by atoms with Crippen LogP contribution in [0.5, 0.6) is 0 Å². The topological polar surface area (TPSA) is 47.1 Å². The first kappa shape index (κ1) is 13.6. The third-order valence-corrected chi connectivity index (χ3v) is 3.38. The van der Waals surface area contributed by atoms with E-state index in [9.17, 15) is 0 Å². The van der Waals surface area contributed by atoms with Crippen molar-refractivity contribution in [2.45, 2.75) is 19.9 Å². The number of benzene rings is 1. The van der Waals surface area contributed by atoms with Gasteiger partial charge in [0.05, 0.1) is 12.2 Å². The zero-order chi connectivity index (χ0) is 13.8. The van der Waals surface area contributed by atoms with Gasteiger partial charge < -0.3 is 10.6 Å². The van der Waals surface area contributed by atoms with Crippen LogP contribution in [0.25, 0.3) is 0 Å². The largest absolute Gasteiger partial charge is 0.363 e. The number of aryl methyl sites for hydroxylation is 2. The van der Waals surface area contributed by atoms with Gasteiger partial charge >= 0.3 is 0 Å². The molecule has 0 spiro atoms. The molecule has 0 aliphatic rings. The predicted molar refractivity (Wildman–Crippen MR) is 79.2 cm³/mol. The van der Waals surface area contributed by atoms with Gasteiger partial charge in [-0.3, -0.25) is 4.68 Å². The number of nitrogens with zero attached hydrogens (tertiary/aromatic N) is 3. The molecule has 102 valence electrons. The molecule has 4 heteroatoms. The summed E-state index contributed by atoms with van der Waals surface area (Å²) in [7, 11) is 1.93. The van der Waals surface area contributed by atoms with Crippen molar-refractivity contribution in [3.05, 3.63) is 47.8 Å². The summed E-state index contributed by atoms with van der Waals surface area (Å²) in [5, 5.41) is 4.25. The molecule has 0 fully saturated rings. The summed E-state index contributed by atoms with van der Waals surface area (Å²) in [6.45, 7) is 5.76. The zero-order valence-electron chi connectivity index (χ0n) is 11.9. The molecule has 1 atom stereocenters. The summed E-state index contributed by atoms with van der Waals surface area (Å²) < 4.78 is 1.82. The molecule has 0 amide bonds. The number of hydrogen-bond acceptors (Lipinski definition) is 3. The first-order valence-corrected chi connectivity index (χ1v) is 6.67. The van der Waals surface area contributed by atoms with Gasteiger partial charge in [0.1, 0.15) is 0 Å². The Kier molecular flexibility index (Phi) is 4.22. The Morgan fingerprint density at radius 3 is 2.74 bits per heavy atom. The van der Waals surface area contributed by atoms with E-state index in [0.29, 0.717) is 6.54 Å². The molecular weight excluding hydrogens is 236 g/mol. The quantitative estimate of drug-likeness (QED) is 0.895. The van der Waals surface area contributed by atoms with Crippen LogP contribution < -0.4 is 10.6 Å². The normalized spacial score (nSPS) is 12.4. The average molecular weight is 258 g/mol. The van der Waals surface area contributed by atoms with Crippen molar-refractivity contribution in [2.24, 2.45) is 12.8 Å². The van der Waals surface area contributed by atoms with Crippen molar-refractivity contribution >= 4 is 5.69 Å². The van der Waals surface area contributed by atoms with E-state index in [1.165, 1.54) is 11.3 Å². The van der Waals surface area contributed by atoms with Gasteiger partial charge in [0.25, 0.3) is 0 Å². The van der Waals surface area contributed by atoms with Crippen LogP contribution in [0, 0.1) is 6.92 Å². The number of anilines is 1. The molecule has 0 saturated heterocycles. The lowest BCUT2D eigenvalue weighted by Crippen LogP contribution is -2.33. The molecule has 0 saturated carbocycles. The van der Waals surface area contributed by atoms with Crippen LogP contribution in [0.4, 0.5) is 5.69 Å². The molecule has 2 rings (SSSR count). The van der Waals surface area contributed by atoms with Gasteiger partial charge in [0, 0.05) is 37.6 Å². The lowest BCUT2D eigenvalue weighted by molar-refractivity contribution is 0.642. The second kappa shape index (κ2) is 5.89. The predicted octanol–water partition coefficient (Wildman–Crippen LogP) is 2.25. The summed E-state index contributed by atoms with van der Waals surface area (Å²) in [6, 6.07) is 8.70. The minimum Gasteiger partial charge on any atom is -0.363 e. The third kappa shape index (κ3) is 2.96. The van der Waals surface area contributed by atoms with Crippen LogP contribution >= 0.6 is 0 Å². The molecule has 0 aliphatic heterocycles. The highest BCUT2D eigenvalue weighted by molar-refractivity contribution is 5.50. The molecule has 4 nitrogen and oxygen atoms in total. The van der Waals surface area contributed by atoms with Crippen molar-refractivity contribution in [3.8, 4) is 0 Å². The maximum absolute atomic E-state index is 5.99. The van der Waals surface area contributed by atoms with E-state index in [1.54, 1.807) is 0 Å². The summed E-state index contributed by atoms with van der Waals surface area (Å²) in [6.07, 6.45) is 3.94. The van der Waals surface area contributed by atoms with E-state index in [4.69, 9.17) is 5.73 Å². The van der Waals surface area contributed by atoms with Crippen LogP contribution in [0.1, 0.15) is 24.1 Å². The Hall–Kier alpha value is -1.81. The van der Waals surface area contributed by atoms with Crippen LogP contribution in [0.3, 0.4) is 0 Å². The van der Waals surface area contributed by atoms with Gasteiger partial charge in [-0.1, -0.05) is 12.1 Å². The van der Waals surface area contributed by atoms with Crippen molar-refractivity contribution in [1.29, 1.82) is 0 Å². The minimum absolute atomic E-state index is 0.167. The molecule has 0 aliphatic carbocycles. The fourth-order valence-electron chi connectivity index (χ4n) is 2.45. The van der Waals surface area contributed by atoms with Crippen molar-refractivity contribution in [2.75, 3.05) is 18.0 Å². The molecule has 2 N–H and O–H groups in total. The van der Waals surface area contributed by atoms with Crippen molar-refractivity contribution in [3.63, 3.8) is 0 Å². The third-order valence-electron chi connectivity index (χ3n) is 3.38. The highest BCUT2D eigenvalue weighted by atomic mass is 15.3. The Labute approximate surface area is 114 Å². The number of aromatic nitrogens is 2. The minimum atomic E-state index is 0.167.